The lowest BCUT2D eigenvalue weighted by atomic mass is 9.70. The molecule has 5 rings (SSSR count). The van der Waals surface area contributed by atoms with Crippen molar-refractivity contribution in [1.29, 1.82) is 0 Å². The van der Waals surface area contributed by atoms with Crippen molar-refractivity contribution in [2.24, 2.45) is 0 Å². The second-order valence-electron chi connectivity index (χ2n) is 8.95. The minimum atomic E-state index is -0.477. The van der Waals surface area contributed by atoms with Gasteiger partial charge in [-0.25, -0.2) is 0 Å². The molecule has 2 amide bonds. The zero-order valence-corrected chi connectivity index (χ0v) is 17.1. The van der Waals surface area contributed by atoms with Crippen LogP contribution in [0.4, 0.5) is 5.69 Å². The SMILES string of the molecule is O=C(Nc1ccccc1O)[C@H]1c2ccccc2C(=O)N(C2CCCC2)C12CCCC2. The van der Waals surface area contributed by atoms with Crippen molar-refractivity contribution in [2.45, 2.75) is 68.9 Å². The summed E-state index contributed by atoms with van der Waals surface area (Å²) in [5, 5.41) is 13.2. The van der Waals surface area contributed by atoms with Gasteiger partial charge in [0.2, 0.25) is 5.91 Å². The Morgan fingerprint density at radius 1 is 0.967 bits per heavy atom. The third-order valence-corrected chi connectivity index (χ3v) is 7.32. The molecular formula is C25H28N2O3. The molecule has 1 heterocycles. The lowest BCUT2D eigenvalue weighted by Gasteiger charge is -2.52. The predicted molar refractivity (Wildman–Crippen MR) is 116 cm³/mol. The Bertz CT molecular complexity index is 974. The number of phenolic OH excluding ortho intramolecular Hbond substituents is 1. The Balaban J connectivity index is 1.62. The van der Waals surface area contributed by atoms with Gasteiger partial charge in [-0.3, -0.25) is 9.59 Å². The Hall–Kier alpha value is -2.82. The zero-order chi connectivity index (χ0) is 20.7. The van der Waals surface area contributed by atoms with Gasteiger partial charge in [0.05, 0.1) is 17.1 Å². The van der Waals surface area contributed by atoms with E-state index < -0.39 is 11.5 Å². The van der Waals surface area contributed by atoms with Crippen LogP contribution >= 0.6 is 0 Å². The number of carbonyl (C=O) groups excluding carboxylic acids is 2. The number of nitrogens with zero attached hydrogens (tertiary/aromatic N) is 1. The van der Waals surface area contributed by atoms with Crippen molar-refractivity contribution < 1.29 is 14.7 Å². The van der Waals surface area contributed by atoms with Crippen molar-refractivity contribution in [3.05, 3.63) is 59.7 Å². The van der Waals surface area contributed by atoms with Crippen molar-refractivity contribution in [3.8, 4) is 5.75 Å². The molecule has 0 aromatic heterocycles. The van der Waals surface area contributed by atoms with E-state index in [1.807, 2.05) is 24.3 Å². The van der Waals surface area contributed by atoms with Crippen LogP contribution < -0.4 is 5.32 Å². The van der Waals surface area contributed by atoms with Gasteiger partial charge in [-0.15, -0.1) is 0 Å². The van der Waals surface area contributed by atoms with E-state index in [2.05, 4.69) is 10.2 Å². The molecule has 1 aliphatic heterocycles. The number of phenols is 1. The lowest BCUT2D eigenvalue weighted by Crippen LogP contribution is -2.62. The number of rotatable bonds is 3. The Morgan fingerprint density at radius 3 is 2.37 bits per heavy atom. The second kappa shape index (κ2) is 7.46. The van der Waals surface area contributed by atoms with E-state index in [9.17, 15) is 14.7 Å². The second-order valence-corrected chi connectivity index (χ2v) is 8.95. The number of hydrogen-bond acceptors (Lipinski definition) is 3. The standard InChI is InChI=1S/C25H28N2O3/c28-21-14-6-5-13-20(21)26-23(29)22-18-11-3-4-12-19(18)24(30)27(17-9-1-2-10-17)25(22)15-7-8-16-25/h3-6,11-14,17,22,28H,1-2,7-10,15-16H2,(H,26,29)/t22-/m1/s1. The molecule has 1 spiro atoms. The van der Waals surface area contributed by atoms with Crippen LogP contribution in [0.2, 0.25) is 0 Å². The first kappa shape index (κ1) is 19.2. The number of hydrogen-bond donors (Lipinski definition) is 2. The molecule has 3 aliphatic rings. The first-order valence-corrected chi connectivity index (χ1v) is 11.1. The van der Waals surface area contributed by atoms with Gasteiger partial charge in [0, 0.05) is 11.6 Å². The summed E-state index contributed by atoms with van der Waals surface area (Å²) in [7, 11) is 0. The third-order valence-electron chi connectivity index (χ3n) is 7.32. The number of para-hydroxylation sites is 2. The van der Waals surface area contributed by atoms with Gasteiger partial charge >= 0.3 is 0 Å². The van der Waals surface area contributed by atoms with E-state index in [1.54, 1.807) is 24.3 Å². The molecule has 2 N–H and O–H groups in total. The fourth-order valence-corrected chi connectivity index (χ4v) is 6.08. The Morgan fingerprint density at radius 2 is 1.63 bits per heavy atom. The van der Waals surface area contributed by atoms with Crippen molar-refractivity contribution >= 4 is 17.5 Å². The molecule has 2 aliphatic carbocycles. The van der Waals surface area contributed by atoms with Gasteiger partial charge < -0.3 is 15.3 Å². The molecule has 2 aromatic carbocycles. The van der Waals surface area contributed by atoms with E-state index in [-0.39, 0.29) is 23.6 Å². The number of amides is 2. The third kappa shape index (κ3) is 2.91. The van der Waals surface area contributed by atoms with E-state index in [0.29, 0.717) is 11.3 Å². The summed E-state index contributed by atoms with van der Waals surface area (Å²) in [4.78, 5) is 29.6. The summed E-state index contributed by atoms with van der Waals surface area (Å²) in [5.74, 6) is -0.430. The fraction of sp³-hybridized carbons (Fsp3) is 0.440. The maximum atomic E-state index is 13.8. The van der Waals surface area contributed by atoms with Gasteiger partial charge in [0.25, 0.3) is 5.91 Å². The van der Waals surface area contributed by atoms with Crippen LogP contribution in [0.15, 0.2) is 48.5 Å². The minimum Gasteiger partial charge on any atom is -0.506 e. The topological polar surface area (TPSA) is 69.6 Å². The Kier molecular flexibility index (Phi) is 4.76. The largest absolute Gasteiger partial charge is 0.506 e. The van der Waals surface area contributed by atoms with Crippen molar-refractivity contribution in [1.82, 2.24) is 4.90 Å². The monoisotopic (exact) mass is 404 g/mol. The quantitative estimate of drug-likeness (QED) is 0.720. The summed E-state index contributed by atoms with van der Waals surface area (Å²) >= 11 is 0. The molecule has 5 heteroatoms. The molecule has 0 bridgehead atoms. The van der Waals surface area contributed by atoms with Crippen LogP contribution in [0.5, 0.6) is 5.75 Å². The van der Waals surface area contributed by atoms with Gasteiger partial charge in [-0.2, -0.15) is 0 Å². The number of aromatic hydroxyl groups is 1. The van der Waals surface area contributed by atoms with Crippen LogP contribution in [-0.2, 0) is 4.79 Å². The molecule has 156 valence electrons. The molecule has 5 nitrogen and oxygen atoms in total. The molecule has 2 saturated carbocycles. The molecule has 1 atom stereocenters. The van der Waals surface area contributed by atoms with Crippen LogP contribution in [0, 0.1) is 0 Å². The fourth-order valence-electron chi connectivity index (χ4n) is 6.08. The van der Waals surface area contributed by atoms with Gasteiger partial charge in [0.1, 0.15) is 5.75 Å². The highest BCUT2D eigenvalue weighted by Crippen LogP contribution is 2.52. The smallest absolute Gasteiger partial charge is 0.254 e. The summed E-state index contributed by atoms with van der Waals surface area (Å²) < 4.78 is 0. The molecule has 2 aromatic rings. The number of anilines is 1. The number of fused-ring (bicyclic) bond motifs is 1. The van der Waals surface area contributed by atoms with E-state index >= 15 is 0 Å². The summed E-state index contributed by atoms with van der Waals surface area (Å²) in [6.45, 7) is 0. The average molecular weight is 405 g/mol. The van der Waals surface area contributed by atoms with Crippen LogP contribution in [0.3, 0.4) is 0 Å². The minimum absolute atomic E-state index is 0.0548. The molecule has 0 unspecified atom stereocenters. The molecular weight excluding hydrogens is 376 g/mol. The Labute approximate surface area is 177 Å². The molecule has 30 heavy (non-hydrogen) atoms. The lowest BCUT2D eigenvalue weighted by molar-refractivity contribution is -0.121. The molecule has 0 saturated heterocycles. The van der Waals surface area contributed by atoms with Crippen LogP contribution in [0.25, 0.3) is 0 Å². The van der Waals surface area contributed by atoms with Crippen LogP contribution in [-0.4, -0.2) is 33.4 Å². The van der Waals surface area contributed by atoms with E-state index in [0.717, 1.165) is 56.9 Å². The van der Waals surface area contributed by atoms with Crippen LogP contribution in [0.1, 0.15) is 73.2 Å². The highest BCUT2D eigenvalue weighted by Gasteiger charge is 2.57. The van der Waals surface area contributed by atoms with Gasteiger partial charge in [0.15, 0.2) is 0 Å². The summed E-state index contributed by atoms with van der Waals surface area (Å²) in [6, 6.07) is 14.6. The first-order valence-electron chi connectivity index (χ1n) is 11.1. The maximum absolute atomic E-state index is 13.8. The number of carbonyl (C=O) groups is 2. The van der Waals surface area contributed by atoms with E-state index in [4.69, 9.17) is 0 Å². The highest BCUT2D eigenvalue weighted by molar-refractivity contribution is 6.05. The zero-order valence-electron chi connectivity index (χ0n) is 17.1. The van der Waals surface area contributed by atoms with Crippen molar-refractivity contribution in [3.63, 3.8) is 0 Å². The highest BCUT2D eigenvalue weighted by atomic mass is 16.3. The number of benzene rings is 2. The van der Waals surface area contributed by atoms with Gasteiger partial charge in [-0.1, -0.05) is 56.0 Å². The first-order chi connectivity index (χ1) is 14.6. The normalized spacial score (nSPS) is 23.0. The predicted octanol–water partition coefficient (Wildman–Crippen LogP) is 4.83. The molecule has 0 radical (unpaired) electrons. The summed E-state index contributed by atoms with van der Waals surface area (Å²) in [5.41, 5.74) is 1.41. The summed E-state index contributed by atoms with van der Waals surface area (Å²) in [6.07, 6.45) is 8.07. The maximum Gasteiger partial charge on any atom is 0.254 e. The average Bonchev–Trinajstić information content (AvgIpc) is 3.43. The number of nitrogens with one attached hydrogen (secondary N) is 1. The van der Waals surface area contributed by atoms with Crippen molar-refractivity contribution in [2.75, 3.05) is 5.32 Å². The van der Waals surface area contributed by atoms with E-state index in [1.165, 1.54) is 0 Å². The van der Waals surface area contributed by atoms with Gasteiger partial charge in [-0.05, 0) is 49.4 Å². The molecule has 2 fully saturated rings.